The Bertz CT molecular complexity index is 1170. The third kappa shape index (κ3) is 4.44. The van der Waals surface area contributed by atoms with Gasteiger partial charge in [-0.1, -0.05) is 11.6 Å². The number of thiophene rings is 1. The molecule has 7 nitrogen and oxygen atoms in total. The molecule has 1 amide bonds. The van der Waals surface area contributed by atoms with Crippen LogP contribution in [0.4, 0.5) is 5.69 Å². The molecule has 1 aromatic carbocycles. The maximum atomic E-state index is 12.2. The summed E-state index contributed by atoms with van der Waals surface area (Å²) in [4.78, 5) is 21.1. The second kappa shape index (κ2) is 8.02. The van der Waals surface area contributed by atoms with Gasteiger partial charge in [0.15, 0.2) is 5.82 Å². The van der Waals surface area contributed by atoms with E-state index in [0.717, 1.165) is 11.4 Å². The fourth-order valence-corrected chi connectivity index (χ4v) is 3.66. The van der Waals surface area contributed by atoms with E-state index in [1.165, 1.54) is 17.7 Å². The van der Waals surface area contributed by atoms with Gasteiger partial charge < -0.3 is 10.1 Å². The zero-order valence-corrected chi connectivity index (χ0v) is 17.2. The van der Waals surface area contributed by atoms with Crippen LogP contribution < -0.4 is 10.1 Å². The number of nitrogens with zero attached hydrogens (tertiary/aromatic N) is 4. The molecule has 0 fully saturated rings. The molecular weight excluding hydrogens is 410 g/mol. The standard InChI is InChI=1S/C20H16ClN5O2S/c1-12-9-13(2)26(25-12)18-10-19(23-11-22-18)28-15-5-3-14(4-6-15)24-20(27)16-7-8-17(21)29-16/h3-11H,1-2H3,(H,24,27). The van der Waals surface area contributed by atoms with Crippen molar-refractivity contribution in [3.8, 4) is 17.4 Å². The highest BCUT2D eigenvalue weighted by molar-refractivity contribution is 7.18. The minimum atomic E-state index is -0.208. The van der Waals surface area contributed by atoms with Gasteiger partial charge in [-0.25, -0.2) is 14.6 Å². The number of nitrogens with one attached hydrogen (secondary N) is 1. The van der Waals surface area contributed by atoms with Crippen molar-refractivity contribution in [1.29, 1.82) is 0 Å². The van der Waals surface area contributed by atoms with Gasteiger partial charge in [0.1, 0.15) is 12.1 Å². The normalized spacial score (nSPS) is 10.7. The van der Waals surface area contributed by atoms with Gasteiger partial charge in [0.2, 0.25) is 5.88 Å². The molecule has 0 spiro atoms. The van der Waals surface area contributed by atoms with E-state index in [1.54, 1.807) is 47.1 Å². The van der Waals surface area contributed by atoms with Gasteiger partial charge >= 0.3 is 0 Å². The monoisotopic (exact) mass is 425 g/mol. The van der Waals surface area contributed by atoms with Crippen LogP contribution >= 0.6 is 22.9 Å². The number of carbonyl (C=O) groups excluding carboxylic acids is 1. The minimum Gasteiger partial charge on any atom is -0.439 e. The fraction of sp³-hybridized carbons (Fsp3) is 0.100. The highest BCUT2D eigenvalue weighted by atomic mass is 35.5. The predicted octanol–water partition coefficient (Wildman–Crippen LogP) is 5.04. The van der Waals surface area contributed by atoms with Crippen LogP contribution in [0.2, 0.25) is 4.34 Å². The van der Waals surface area contributed by atoms with E-state index in [2.05, 4.69) is 20.4 Å². The number of anilines is 1. The molecule has 0 aliphatic carbocycles. The number of carbonyl (C=O) groups is 1. The van der Waals surface area contributed by atoms with Crippen molar-refractivity contribution in [2.24, 2.45) is 0 Å². The highest BCUT2D eigenvalue weighted by Crippen LogP contribution is 2.25. The van der Waals surface area contributed by atoms with Crippen molar-refractivity contribution in [2.45, 2.75) is 13.8 Å². The SMILES string of the molecule is Cc1cc(C)n(-c2cc(Oc3ccc(NC(=O)c4ccc(Cl)s4)cc3)ncn2)n1. The first-order valence-electron chi connectivity index (χ1n) is 8.68. The van der Waals surface area contributed by atoms with E-state index < -0.39 is 0 Å². The molecule has 146 valence electrons. The van der Waals surface area contributed by atoms with Crippen molar-refractivity contribution in [3.05, 3.63) is 75.5 Å². The van der Waals surface area contributed by atoms with Gasteiger partial charge in [0.25, 0.3) is 5.91 Å². The summed E-state index contributed by atoms with van der Waals surface area (Å²) in [6.07, 6.45) is 1.43. The molecule has 4 rings (SSSR count). The van der Waals surface area contributed by atoms with E-state index in [-0.39, 0.29) is 5.91 Å². The summed E-state index contributed by atoms with van der Waals surface area (Å²) in [5, 5.41) is 7.24. The Morgan fingerprint density at radius 1 is 1.10 bits per heavy atom. The fourth-order valence-electron chi connectivity index (χ4n) is 2.72. The largest absolute Gasteiger partial charge is 0.439 e. The molecule has 0 aliphatic heterocycles. The van der Waals surface area contributed by atoms with Gasteiger partial charge in [0, 0.05) is 17.4 Å². The number of hydrogen-bond donors (Lipinski definition) is 1. The van der Waals surface area contributed by atoms with Crippen molar-refractivity contribution >= 4 is 34.5 Å². The number of halogens is 1. The lowest BCUT2D eigenvalue weighted by Crippen LogP contribution is -2.09. The summed E-state index contributed by atoms with van der Waals surface area (Å²) in [6.45, 7) is 3.88. The lowest BCUT2D eigenvalue weighted by atomic mass is 10.3. The third-order valence-electron chi connectivity index (χ3n) is 3.99. The number of benzene rings is 1. The number of aromatic nitrogens is 4. The molecule has 0 unspecified atom stereocenters. The quantitative estimate of drug-likeness (QED) is 0.484. The van der Waals surface area contributed by atoms with Crippen molar-refractivity contribution in [1.82, 2.24) is 19.7 Å². The third-order valence-corrected chi connectivity index (χ3v) is 5.22. The molecule has 1 N–H and O–H groups in total. The maximum absolute atomic E-state index is 12.2. The average molecular weight is 426 g/mol. The van der Waals surface area contributed by atoms with Crippen LogP contribution in [0.25, 0.3) is 5.82 Å². The van der Waals surface area contributed by atoms with E-state index in [1.807, 2.05) is 19.9 Å². The summed E-state index contributed by atoms with van der Waals surface area (Å²) in [5.41, 5.74) is 2.53. The van der Waals surface area contributed by atoms with E-state index in [0.29, 0.717) is 32.3 Å². The Balaban J connectivity index is 1.46. The molecule has 0 atom stereocenters. The Morgan fingerprint density at radius 2 is 1.90 bits per heavy atom. The first-order chi connectivity index (χ1) is 14.0. The van der Waals surface area contributed by atoms with Crippen molar-refractivity contribution in [2.75, 3.05) is 5.32 Å². The lowest BCUT2D eigenvalue weighted by molar-refractivity contribution is 0.103. The number of rotatable bonds is 5. The predicted molar refractivity (Wildman–Crippen MR) is 112 cm³/mol. The first kappa shape index (κ1) is 19.1. The van der Waals surface area contributed by atoms with Gasteiger partial charge in [-0.3, -0.25) is 4.79 Å². The smallest absolute Gasteiger partial charge is 0.265 e. The van der Waals surface area contributed by atoms with E-state index in [9.17, 15) is 4.79 Å². The van der Waals surface area contributed by atoms with Crippen LogP contribution in [-0.4, -0.2) is 25.7 Å². The first-order valence-corrected chi connectivity index (χ1v) is 9.88. The Morgan fingerprint density at radius 3 is 2.55 bits per heavy atom. The van der Waals surface area contributed by atoms with Crippen LogP contribution in [-0.2, 0) is 0 Å². The number of amides is 1. The molecule has 0 radical (unpaired) electrons. The summed E-state index contributed by atoms with van der Waals surface area (Å²) < 4.78 is 8.12. The lowest BCUT2D eigenvalue weighted by Gasteiger charge is -2.08. The van der Waals surface area contributed by atoms with Crippen LogP contribution in [0.5, 0.6) is 11.6 Å². The molecule has 29 heavy (non-hydrogen) atoms. The molecule has 3 aromatic heterocycles. The van der Waals surface area contributed by atoms with Gasteiger partial charge in [-0.05, 0) is 56.3 Å². The Labute approximate surface area is 176 Å². The van der Waals surface area contributed by atoms with Crippen molar-refractivity contribution < 1.29 is 9.53 Å². The van der Waals surface area contributed by atoms with Gasteiger partial charge in [0.05, 0.1) is 14.9 Å². The summed E-state index contributed by atoms with van der Waals surface area (Å²) in [7, 11) is 0. The van der Waals surface area contributed by atoms with Crippen molar-refractivity contribution in [3.63, 3.8) is 0 Å². The van der Waals surface area contributed by atoms with Crippen LogP contribution in [0, 0.1) is 13.8 Å². The highest BCUT2D eigenvalue weighted by Gasteiger charge is 2.10. The average Bonchev–Trinajstić information content (AvgIpc) is 3.28. The second-order valence-corrected chi connectivity index (χ2v) is 7.95. The summed E-state index contributed by atoms with van der Waals surface area (Å²) in [6, 6.07) is 14.1. The van der Waals surface area contributed by atoms with Gasteiger partial charge in [-0.2, -0.15) is 5.10 Å². The van der Waals surface area contributed by atoms with Crippen LogP contribution in [0.15, 0.2) is 54.9 Å². The second-order valence-electron chi connectivity index (χ2n) is 6.24. The maximum Gasteiger partial charge on any atom is 0.265 e. The molecule has 9 heteroatoms. The topological polar surface area (TPSA) is 81.9 Å². The zero-order valence-electron chi connectivity index (χ0n) is 15.6. The van der Waals surface area contributed by atoms with Crippen LogP contribution in [0.3, 0.4) is 0 Å². The minimum absolute atomic E-state index is 0.208. The number of aryl methyl sites for hydroxylation is 2. The zero-order chi connectivity index (χ0) is 20.4. The van der Waals surface area contributed by atoms with Gasteiger partial charge in [-0.15, -0.1) is 11.3 Å². The molecule has 4 aromatic rings. The molecule has 0 saturated heterocycles. The Kier molecular flexibility index (Phi) is 5.28. The molecule has 0 aliphatic rings. The van der Waals surface area contributed by atoms with E-state index >= 15 is 0 Å². The molecule has 0 bridgehead atoms. The molecular formula is C20H16ClN5O2S. The Hall–Kier alpha value is -3.23. The summed E-state index contributed by atoms with van der Waals surface area (Å²) >= 11 is 7.10. The number of hydrogen-bond acceptors (Lipinski definition) is 6. The number of ether oxygens (including phenoxy) is 1. The summed E-state index contributed by atoms with van der Waals surface area (Å²) in [5.74, 6) is 1.40. The molecule has 3 heterocycles. The van der Waals surface area contributed by atoms with E-state index in [4.69, 9.17) is 16.3 Å². The molecule has 0 saturated carbocycles. The van der Waals surface area contributed by atoms with Crippen LogP contribution in [0.1, 0.15) is 21.1 Å².